The molecule has 5 nitrogen and oxygen atoms in total. The van der Waals surface area contributed by atoms with Gasteiger partial charge in [0.15, 0.2) is 0 Å². The zero-order valence-electron chi connectivity index (χ0n) is 10.3. The van der Waals surface area contributed by atoms with Crippen molar-refractivity contribution in [3.63, 3.8) is 0 Å². The van der Waals surface area contributed by atoms with Crippen LogP contribution in [0.2, 0.25) is 4.34 Å². The molecule has 0 saturated carbocycles. The van der Waals surface area contributed by atoms with Crippen molar-refractivity contribution in [2.45, 2.75) is 11.1 Å². The van der Waals surface area contributed by atoms with E-state index in [0.29, 0.717) is 15.7 Å². The Hall–Kier alpha value is -1.57. The molecule has 0 bridgehead atoms. The van der Waals surface area contributed by atoms with Crippen LogP contribution in [-0.2, 0) is 10.0 Å². The van der Waals surface area contributed by atoms with Gasteiger partial charge in [-0.05, 0) is 43.2 Å². The van der Waals surface area contributed by atoms with Crippen molar-refractivity contribution in [2.75, 3.05) is 4.72 Å². The fraction of sp³-hybridized carbons (Fsp3) is 0.0833. The molecule has 0 spiro atoms. The summed E-state index contributed by atoms with van der Waals surface area (Å²) in [6.45, 7) is 1.32. The monoisotopic (exact) mass is 329 g/mol. The van der Waals surface area contributed by atoms with Crippen molar-refractivity contribution >= 4 is 50.2 Å². The molecule has 0 radical (unpaired) electrons. The van der Waals surface area contributed by atoms with Crippen molar-refractivity contribution in [3.8, 4) is 0 Å². The first kappa shape index (κ1) is 14.8. The van der Waals surface area contributed by atoms with Gasteiger partial charge in [-0.25, -0.2) is 8.42 Å². The van der Waals surface area contributed by atoms with Crippen molar-refractivity contribution in [1.29, 1.82) is 0 Å². The number of anilines is 1. The molecule has 106 valence electrons. The molecular formula is C12H10ClN2O3S2-. The maximum Gasteiger partial charge on any atom is 0.271 e. The minimum Gasteiger partial charge on any atom is -0.862 e. The van der Waals surface area contributed by atoms with E-state index in [1.54, 1.807) is 18.2 Å². The zero-order valence-corrected chi connectivity index (χ0v) is 12.7. The summed E-state index contributed by atoms with van der Waals surface area (Å²) in [7, 11) is -3.68. The molecule has 0 atom stereocenters. The molecule has 2 rings (SSSR count). The predicted molar refractivity (Wildman–Crippen MR) is 79.3 cm³/mol. The SMILES string of the molecule is CC([O-])=Nc1cccc(NS(=O)(=O)c2ccc(Cl)s2)c1. The first-order valence-corrected chi connectivity index (χ1v) is 8.15. The summed E-state index contributed by atoms with van der Waals surface area (Å²) in [6.07, 6.45) is 0. The zero-order chi connectivity index (χ0) is 14.8. The number of rotatable bonds is 4. The largest absolute Gasteiger partial charge is 0.862 e. The van der Waals surface area contributed by atoms with E-state index in [0.717, 1.165) is 11.3 Å². The molecule has 8 heteroatoms. The fourth-order valence-corrected chi connectivity index (χ4v) is 4.00. The molecule has 1 aromatic heterocycles. The maximum absolute atomic E-state index is 12.1. The number of aliphatic imine (C=N–C) groups is 1. The van der Waals surface area contributed by atoms with E-state index < -0.39 is 10.0 Å². The van der Waals surface area contributed by atoms with Gasteiger partial charge in [-0.1, -0.05) is 17.7 Å². The van der Waals surface area contributed by atoms with E-state index in [9.17, 15) is 13.5 Å². The standard InChI is InChI=1S/C12H11ClN2O3S2/c1-8(16)14-9-3-2-4-10(7-9)15-20(17,18)12-6-5-11(13)19-12/h2-7,15H,1H3,(H,14,16)/p-1. The number of halogens is 1. The minimum atomic E-state index is -3.68. The van der Waals surface area contributed by atoms with E-state index >= 15 is 0 Å². The highest BCUT2D eigenvalue weighted by molar-refractivity contribution is 7.94. The first-order chi connectivity index (χ1) is 9.37. The van der Waals surface area contributed by atoms with Crippen LogP contribution in [-0.4, -0.2) is 14.3 Å². The Labute approximate surface area is 125 Å². The van der Waals surface area contributed by atoms with E-state index in [-0.39, 0.29) is 10.1 Å². The lowest BCUT2D eigenvalue weighted by molar-refractivity contribution is -0.215. The highest BCUT2D eigenvalue weighted by atomic mass is 35.5. The number of hydrogen-bond acceptors (Lipinski definition) is 5. The molecule has 20 heavy (non-hydrogen) atoms. The number of nitrogens with zero attached hydrogens (tertiary/aromatic N) is 1. The molecule has 0 fully saturated rings. The molecule has 0 unspecified atom stereocenters. The van der Waals surface area contributed by atoms with E-state index in [2.05, 4.69) is 9.71 Å². The third-order valence-corrected chi connectivity index (χ3v) is 5.30. The summed E-state index contributed by atoms with van der Waals surface area (Å²) in [6, 6.07) is 9.23. The topological polar surface area (TPSA) is 81.6 Å². The minimum absolute atomic E-state index is 0.122. The van der Waals surface area contributed by atoms with Gasteiger partial charge in [0.2, 0.25) is 0 Å². The van der Waals surface area contributed by atoms with Gasteiger partial charge in [0.25, 0.3) is 10.0 Å². The van der Waals surface area contributed by atoms with Crippen molar-refractivity contribution < 1.29 is 13.5 Å². The molecule has 0 saturated heterocycles. The molecule has 0 aliphatic heterocycles. The van der Waals surface area contributed by atoms with Crippen LogP contribution in [0.5, 0.6) is 0 Å². The van der Waals surface area contributed by atoms with Gasteiger partial charge < -0.3 is 5.11 Å². The van der Waals surface area contributed by atoms with Gasteiger partial charge in [-0.3, -0.25) is 9.71 Å². The van der Waals surface area contributed by atoms with Gasteiger partial charge in [0.05, 0.1) is 15.7 Å². The molecule has 1 aromatic carbocycles. The summed E-state index contributed by atoms with van der Waals surface area (Å²) in [4.78, 5) is 3.73. The Morgan fingerprint density at radius 3 is 2.70 bits per heavy atom. The van der Waals surface area contributed by atoms with Crippen molar-refractivity contribution in [1.82, 2.24) is 0 Å². The van der Waals surface area contributed by atoms with Gasteiger partial charge in [0.1, 0.15) is 4.21 Å². The van der Waals surface area contributed by atoms with Gasteiger partial charge in [-0.15, -0.1) is 11.3 Å². The van der Waals surface area contributed by atoms with Gasteiger partial charge in [0, 0.05) is 0 Å². The average Bonchev–Trinajstić information content (AvgIpc) is 2.75. The molecular weight excluding hydrogens is 320 g/mol. The Bertz CT molecular complexity index is 750. The smallest absolute Gasteiger partial charge is 0.271 e. The maximum atomic E-state index is 12.1. The Morgan fingerprint density at radius 1 is 1.35 bits per heavy atom. The van der Waals surface area contributed by atoms with Crippen molar-refractivity contribution in [2.24, 2.45) is 4.99 Å². The third-order valence-electron chi connectivity index (χ3n) is 2.20. The van der Waals surface area contributed by atoms with Crippen molar-refractivity contribution in [3.05, 3.63) is 40.7 Å². The second-order valence-corrected chi connectivity index (χ2v) is 7.47. The van der Waals surface area contributed by atoms with Crippen LogP contribution in [0.3, 0.4) is 0 Å². The molecule has 1 N–H and O–H groups in total. The van der Waals surface area contributed by atoms with Gasteiger partial charge >= 0.3 is 0 Å². The quantitative estimate of drug-likeness (QED) is 0.691. The summed E-state index contributed by atoms with van der Waals surface area (Å²) in [5.41, 5.74) is 0.721. The van der Waals surface area contributed by atoms with Crippen LogP contribution >= 0.6 is 22.9 Å². The summed E-state index contributed by atoms with van der Waals surface area (Å²) >= 11 is 6.69. The Morgan fingerprint density at radius 2 is 2.10 bits per heavy atom. The lowest BCUT2D eigenvalue weighted by Gasteiger charge is -2.08. The summed E-state index contributed by atoms with van der Waals surface area (Å²) in [5, 5.41) is 10.9. The van der Waals surface area contributed by atoms with Crippen LogP contribution in [0.15, 0.2) is 45.6 Å². The van der Waals surface area contributed by atoms with Crippen LogP contribution in [0.1, 0.15) is 6.92 Å². The lowest BCUT2D eigenvalue weighted by Crippen LogP contribution is -2.12. The molecule has 0 aliphatic carbocycles. The van der Waals surface area contributed by atoms with Gasteiger partial charge in [-0.2, -0.15) is 0 Å². The second-order valence-electron chi connectivity index (χ2n) is 3.85. The van der Waals surface area contributed by atoms with E-state index in [1.807, 2.05) is 0 Å². The first-order valence-electron chi connectivity index (χ1n) is 5.47. The highest BCUT2D eigenvalue weighted by Crippen LogP contribution is 2.28. The Kier molecular flexibility index (Phi) is 4.32. The number of nitrogens with one attached hydrogen (secondary N) is 1. The van der Waals surface area contributed by atoms with Crippen LogP contribution < -0.4 is 9.83 Å². The normalized spacial score (nSPS) is 12.4. The molecule has 0 aliphatic rings. The molecule has 2 aromatic rings. The second kappa shape index (κ2) is 5.82. The summed E-state index contributed by atoms with van der Waals surface area (Å²) in [5.74, 6) is -0.352. The number of benzene rings is 1. The lowest BCUT2D eigenvalue weighted by atomic mass is 10.3. The predicted octanol–water partition coefficient (Wildman–Crippen LogP) is 2.61. The molecule has 1 heterocycles. The summed E-state index contributed by atoms with van der Waals surface area (Å²) < 4.78 is 27.1. The fourth-order valence-electron chi connectivity index (χ4n) is 1.47. The number of thiophene rings is 1. The number of sulfonamides is 1. The van der Waals surface area contributed by atoms with E-state index in [1.165, 1.54) is 25.1 Å². The highest BCUT2D eigenvalue weighted by Gasteiger charge is 2.16. The van der Waals surface area contributed by atoms with Crippen LogP contribution in [0.25, 0.3) is 0 Å². The Balaban J connectivity index is 2.28. The average molecular weight is 330 g/mol. The number of hydrogen-bond donors (Lipinski definition) is 1. The van der Waals surface area contributed by atoms with Crippen LogP contribution in [0, 0.1) is 0 Å². The third kappa shape index (κ3) is 3.72. The molecule has 0 amide bonds. The van der Waals surface area contributed by atoms with Crippen LogP contribution in [0.4, 0.5) is 11.4 Å². The van der Waals surface area contributed by atoms with E-state index in [4.69, 9.17) is 11.6 Å².